The summed E-state index contributed by atoms with van der Waals surface area (Å²) >= 11 is 11.8. The maximum Gasteiger partial charge on any atom is 0.275 e. The van der Waals surface area contributed by atoms with Crippen molar-refractivity contribution in [2.75, 3.05) is 5.73 Å². The van der Waals surface area contributed by atoms with Crippen molar-refractivity contribution in [3.63, 3.8) is 0 Å². The normalized spacial score (nSPS) is 12.1. The van der Waals surface area contributed by atoms with Gasteiger partial charge in [0.25, 0.3) is 5.69 Å². The van der Waals surface area contributed by atoms with Gasteiger partial charge in [-0.25, -0.2) is 0 Å². The molecular formula is C13H10Cl2N2O3S. The van der Waals surface area contributed by atoms with Gasteiger partial charge in [-0.15, -0.1) is 0 Å². The monoisotopic (exact) mass is 344 g/mol. The van der Waals surface area contributed by atoms with Crippen LogP contribution in [0, 0.1) is 10.1 Å². The molecule has 110 valence electrons. The van der Waals surface area contributed by atoms with Crippen LogP contribution in [0.4, 0.5) is 11.4 Å². The fourth-order valence-corrected chi connectivity index (χ4v) is 3.56. The Balaban J connectivity index is 2.38. The summed E-state index contributed by atoms with van der Waals surface area (Å²) in [5, 5.41) is 11.6. The maximum atomic E-state index is 12.4. The van der Waals surface area contributed by atoms with E-state index in [1.807, 2.05) is 0 Å². The molecule has 1 atom stereocenters. The standard InChI is InChI=1S/C13H10Cl2N2O3S/c14-8-4-5-13(11(16)6-8)21(20)7-9-10(15)2-1-3-12(9)17(18)19/h1-6H,7,16H2. The summed E-state index contributed by atoms with van der Waals surface area (Å²) in [5.41, 5.74) is 6.10. The zero-order valence-electron chi connectivity index (χ0n) is 10.6. The lowest BCUT2D eigenvalue weighted by Crippen LogP contribution is -2.04. The minimum absolute atomic E-state index is 0.0954. The second-order valence-electron chi connectivity index (χ2n) is 4.17. The van der Waals surface area contributed by atoms with Crippen LogP contribution in [0.5, 0.6) is 0 Å². The first-order valence-electron chi connectivity index (χ1n) is 5.75. The van der Waals surface area contributed by atoms with Crippen LogP contribution in [0.15, 0.2) is 41.3 Å². The first kappa shape index (κ1) is 15.8. The zero-order valence-corrected chi connectivity index (χ0v) is 12.9. The van der Waals surface area contributed by atoms with Gasteiger partial charge in [0, 0.05) is 16.8 Å². The number of nitrogens with two attached hydrogens (primary N) is 1. The molecule has 0 saturated heterocycles. The highest BCUT2D eigenvalue weighted by Crippen LogP contribution is 2.30. The van der Waals surface area contributed by atoms with Crippen molar-refractivity contribution in [3.8, 4) is 0 Å². The van der Waals surface area contributed by atoms with Crippen molar-refractivity contribution in [1.82, 2.24) is 0 Å². The Labute approximate surface area is 133 Å². The lowest BCUT2D eigenvalue weighted by molar-refractivity contribution is -0.385. The molecule has 0 spiro atoms. The predicted octanol–water partition coefficient (Wildman–Crippen LogP) is 3.79. The van der Waals surface area contributed by atoms with Gasteiger partial charge in [-0.05, 0) is 24.3 Å². The highest BCUT2D eigenvalue weighted by Gasteiger charge is 2.20. The Morgan fingerprint density at radius 2 is 1.95 bits per heavy atom. The summed E-state index contributed by atoms with van der Waals surface area (Å²) in [6.07, 6.45) is 0. The highest BCUT2D eigenvalue weighted by atomic mass is 35.5. The molecule has 21 heavy (non-hydrogen) atoms. The fraction of sp³-hybridized carbons (Fsp3) is 0.0769. The topological polar surface area (TPSA) is 86.2 Å². The maximum absolute atomic E-state index is 12.4. The number of nitro benzene ring substituents is 1. The van der Waals surface area contributed by atoms with Crippen LogP contribution in [0.1, 0.15) is 5.56 Å². The van der Waals surface area contributed by atoms with E-state index in [0.717, 1.165) is 0 Å². The third-order valence-electron chi connectivity index (χ3n) is 2.78. The summed E-state index contributed by atoms with van der Waals surface area (Å²) < 4.78 is 12.4. The molecule has 0 aliphatic heterocycles. The molecule has 0 bridgehead atoms. The molecule has 2 aromatic carbocycles. The van der Waals surface area contributed by atoms with Crippen LogP contribution < -0.4 is 5.73 Å². The van der Waals surface area contributed by atoms with E-state index in [0.29, 0.717) is 9.92 Å². The Morgan fingerprint density at radius 3 is 2.57 bits per heavy atom. The van der Waals surface area contributed by atoms with Crippen molar-refractivity contribution in [1.29, 1.82) is 0 Å². The molecule has 0 aromatic heterocycles. The van der Waals surface area contributed by atoms with Gasteiger partial charge in [-0.1, -0.05) is 29.3 Å². The molecule has 5 nitrogen and oxygen atoms in total. The van der Waals surface area contributed by atoms with E-state index < -0.39 is 15.7 Å². The number of hydrogen-bond acceptors (Lipinski definition) is 4. The van der Waals surface area contributed by atoms with Crippen molar-refractivity contribution >= 4 is 45.4 Å². The van der Waals surface area contributed by atoms with Crippen LogP contribution in [-0.4, -0.2) is 9.13 Å². The molecule has 0 aliphatic carbocycles. The van der Waals surface area contributed by atoms with Crippen LogP contribution in [0.2, 0.25) is 10.0 Å². The van der Waals surface area contributed by atoms with E-state index >= 15 is 0 Å². The third-order valence-corrected chi connectivity index (χ3v) is 4.79. The van der Waals surface area contributed by atoms with Crippen molar-refractivity contribution in [2.45, 2.75) is 10.6 Å². The summed E-state index contributed by atoms with van der Waals surface area (Å²) in [4.78, 5) is 10.8. The number of hydrogen-bond donors (Lipinski definition) is 1. The molecule has 1 unspecified atom stereocenters. The van der Waals surface area contributed by atoms with E-state index in [1.54, 1.807) is 6.07 Å². The Morgan fingerprint density at radius 1 is 1.24 bits per heavy atom. The third kappa shape index (κ3) is 3.53. The van der Waals surface area contributed by atoms with Gasteiger partial charge in [0.15, 0.2) is 0 Å². The molecule has 0 amide bonds. The molecule has 0 aliphatic rings. The van der Waals surface area contributed by atoms with Crippen molar-refractivity contribution in [3.05, 3.63) is 62.1 Å². The Bertz CT molecular complexity index is 737. The zero-order chi connectivity index (χ0) is 15.6. The van der Waals surface area contributed by atoms with E-state index in [4.69, 9.17) is 28.9 Å². The van der Waals surface area contributed by atoms with Crippen molar-refractivity contribution < 1.29 is 9.13 Å². The first-order valence-corrected chi connectivity index (χ1v) is 7.83. The van der Waals surface area contributed by atoms with E-state index in [-0.39, 0.29) is 27.7 Å². The Kier molecular flexibility index (Phi) is 4.82. The van der Waals surface area contributed by atoms with Crippen molar-refractivity contribution in [2.24, 2.45) is 0 Å². The average Bonchev–Trinajstić information content (AvgIpc) is 2.40. The fourth-order valence-electron chi connectivity index (χ4n) is 1.80. The molecule has 0 fully saturated rings. The van der Waals surface area contributed by atoms with E-state index in [9.17, 15) is 14.3 Å². The van der Waals surface area contributed by atoms with Gasteiger partial charge in [0.1, 0.15) is 0 Å². The molecule has 2 rings (SSSR count). The van der Waals surface area contributed by atoms with E-state index in [2.05, 4.69) is 0 Å². The van der Waals surface area contributed by atoms with Gasteiger partial charge in [-0.2, -0.15) is 0 Å². The lowest BCUT2D eigenvalue weighted by Gasteiger charge is -2.08. The molecule has 0 radical (unpaired) electrons. The number of nitrogens with zero attached hydrogens (tertiary/aromatic N) is 1. The summed E-state index contributed by atoms with van der Waals surface area (Å²) in [6, 6.07) is 8.90. The van der Waals surface area contributed by atoms with Gasteiger partial charge >= 0.3 is 0 Å². The van der Waals surface area contributed by atoms with Gasteiger partial charge in [0.2, 0.25) is 0 Å². The minimum Gasteiger partial charge on any atom is -0.398 e. The SMILES string of the molecule is Nc1cc(Cl)ccc1S(=O)Cc1c(Cl)cccc1[N+](=O)[O-]. The number of nitro groups is 1. The summed E-state index contributed by atoms with van der Waals surface area (Å²) in [6.45, 7) is 0. The van der Waals surface area contributed by atoms with Gasteiger partial charge in [0.05, 0.1) is 37.0 Å². The Hall–Kier alpha value is -1.63. The van der Waals surface area contributed by atoms with Gasteiger partial charge < -0.3 is 5.73 Å². The quantitative estimate of drug-likeness (QED) is 0.519. The minimum atomic E-state index is -1.56. The largest absolute Gasteiger partial charge is 0.398 e. The number of anilines is 1. The molecule has 8 heteroatoms. The average molecular weight is 345 g/mol. The van der Waals surface area contributed by atoms with Crippen LogP contribution in [0.3, 0.4) is 0 Å². The molecule has 0 saturated carbocycles. The van der Waals surface area contributed by atoms with Crippen LogP contribution in [0.25, 0.3) is 0 Å². The predicted molar refractivity (Wildman–Crippen MR) is 84.1 cm³/mol. The van der Waals surface area contributed by atoms with Crippen LogP contribution in [-0.2, 0) is 16.6 Å². The second-order valence-corrected chi connectivity index (χ2v) is 6.43. The smallest absolute Gasteiger partial charge is 0.275 e. The second kappa shape index (κ2) is 6.43. The van der Waals surface area contributed by atoms with Gasteiger partial charge in [-0.3, -0.25) is 14.3 Å². The number of nitrogen functional groups attached to an aromatic ring is 1. The number of rotatable bonds is 4. The molecule has 2 aromatic rings. The molecular weight excluding hydrogens is 335 g/mol. The first-order chi connectivity index (χ1) is 9.90. The van der Waals surface area contributed by atoms with Crippen LogP contribution >= 0.6 is 23.2 Å². The lowest BCUT2D eigenvalue weighted by atomic mass is 10.2. The van der Waals surface area contributed by atoms with E-state index in [1.165, 1.54) is 30.3 Å². The highest BCUT2D eigenvalue weighted by molar-refractivity contribution is 7.84. The number of benzene rings is 2. The molecule has 0 heterocycles. The number of halogens is 2. The summed E-state index contributed by atoms with van der Waals surface area (Å²) in [5.74, 6) is -0.0954. The summed E-state index contributed by atoms with van der Waals surface area (Å²) in [7, 11) is -1.56. The molecule has 2 N–H and O–H groups in total.